The molecule has 1 N–H and O–H groups in total. The highest BCUT2D eigenvalue weighted by atomic mass is 79.9. The number of nitrogens with zero attached hydrogens (tertiary/aromatic N) is 1. The quantitative estimate of drug-likeness (QED) is 0.823. The summed E-state index contributed by atoms with van der Waals surface area (Å²) in [4.78, 5) is 7.22. The zero-order valence-electron chi connectivity index (χ0n) is 10.4. The van der Waals surface area contributed by atoms with Gasteiger partial charge in [0.2, 0.25) is 0 Å². The van der Waals surface area contributed by atoms with Crippen LogP contribution in [0.4, 0.5) is 0 Å². The van der Waals surface area contributed by atoms with E-state index in [2.05, 4.69) is 51.4 Å². The van der Waals surface area contributed by atoms with E-state index < -0.39 is 0 Å². The van der Waals surface area contributed by atoms with Crippen LogP contribution >= 0.6 is 39.0 Å². The fraction of sp³-hybridized carbons (Fsp3) is 0.308. The second-order valence-corrected chi connectivity index (χ2v) is 7.03. The molecule has 2 nitrogen and oxygen atoms in total. The Bertz CT molecular complexity index is 525. The normalized spacial score (nSPS) is 10.8. The first-order chi connectivity index (χ1) is 8.69. The van der Waals surface area contributed by atoms with Gasteiger partial charge in [-0.15, -0.1) is 23.1 Å². The maximum Gasteiger partial charge on any atom is 0.103 e. The Hall–Kier alpha value is -0.360. The van der Waals surface area contributed by atoms with Gasteiger partial charge in [-0.3, -0.25) is 0 Å². The van der Waals surface area contributed by atoms with Crippen molar-refractivity contribution in [2.75, 3.05) is 7.05 Å². The molecule has 0 aliphatic rings. The lowest BCUT2D eigenvalue weighted by atomic mass is 10.4. The van der Waals surface area contributed by atoms with Crippen molar-refractivity contribution in [2.24, 2.45) is 0 Å². The van der Waals surface area contributed by atoms with Crippen LogP contribution in [-0.2, 0) is 12.3 Å². The third kappa shape index (κ3) is 3.82. The van der Waals surface area contributed by atoms with Crippen molar-refractivity contribution >= 4 is 39.0 Å². The summed E-state index contributed by atoms with van der Waals surface area (Å²) in [5.41, 5.74) is 1.15. The lowest BCUT2D eigenvalue weighted by Crippen LogP contribution is -2.04. The van der Waals surface area contributed by atoms with Gasteiger partial charge >= 0.3 is 0 Å². The maximum absolute atomic E-state index is 4.61. The number of nitrogens with one attached hydrogen (secondary N) is 1. The van der Waals surface area contributed by atoms with Crippen molar-refractivity contribution in [1.29, 1.82) is 0 Å². The van der Waals surface area contributed by atoms with Gasteiger partial charge in [-0.1, -0.05) is 22.0 Å². The molecule has 0 spiro atoms. The summed E-state index contributed by atoms with van der Waals surface area (Å²) in [7, 11) is 1.97. The molecule has 0 aliphatic heterocycles. The van der Waals surface area contributed by atoms with Crippen LogP contribution < -0.4 is 5.32 Å². The molecule has 0 aliphatic carbocycles. The van der Waals surface area contributed by atoms with E-state index in [9.17, 15) is 0 Å². The van der Waals surface area contributed by atoms with Crippen LogP contribution in [0.5, 0.6) is 0 Å². The summed E-state index contributed by atoms with van der Waals surface area (Å²) in [6, 6.07) is 8.37. The van der Waals surface area contributed by atoms with Crippen LogP contribution in [0.1, 0.15) is 15.6 Å². The molecule has 0 fully saturated rings. The minimum Gasteiger partial charge on any atom is -0.315 e. The average molecular weight is 343 g/mol. The molecule has 0 amide bonds. The van der Waals surface area contributed by atoms with Crippen molar-refractivity contribution in [3.63, 3.8) is 0 Å². The lowest BCUT2D eigenvalue weighted by Gasteiger charge is -1.99. The van der Waals surface area contributed by atoms with Crippen LogP contribution in [0, 0.1) is 6.92 Å². The molecule has 0 unspecified atom stereocenters. The van der Waals surface area contributed by atoms with E-state index in [4.69, 9.17) is 0 Å². The highest BCUT2D eigenvalue weighted by Gasteiger charge is 2.07. The van der Waals surface area contributed by atoms with Crippen LogP contribution in [0.25, 0.3) is 0 Å². The number of thiazole rings is 1. The van der Waals surface area contributed by atoms with Gasteiger partial charge in [0.25, 0.3) is 0 Å². The zero-order chi connectivity index (χ0) is 13.0. The number of aryl methyl sites for hydroxylation is 1. The van der Waals surface area contributed by atoms with E-state index in [1.54, 1.807) is 11.3 Å². The molecule has 2 aromatic rings. The largest absolute Gasteiger partial charge is 0.315 e. The Kier molecular flexibility index (Phi) is 5.24. The van der Waals surface area contributed by atoms with Crippen molar-refractivity contribution < 1.29 is 0 Å². The molecule has 0 saturated heterocycles. The number of halogens is 1. The fourth-order valence-corrected chi connectivity index (χ4v) is 4.16. The van der Waals surface area contributed by atoms with Gasteiger partial charge in [0.05, 0.1) is 11.4 Å². The maximum atomic E-state index is 4.61. The van der Waals surface area contributed by atoms with Crippen LogP contribution in [0.15, 0.2) is 33.6 Å². The number of aromatic nitrogens is 1. The van der Waals surface area contributed by atoms with Crippen molar-refractivity contribution in [3.05, 3.63) is 44.3 Å². The van der Waals surface area contributed by atoms with E-state index in [-0.39, 0.29) is 0 Å². The summed E-state index contributed by atoms with van der Waals surface area (Å²) in [5.74, 6) is 0.936. The van der Waals surface area contributed by atoms with Crippen LogP contribution in [0.2, 0.25) is 0 Å². The summed E-state index contributed by atoms with van der Waals surface area (Å²) in [6.45, 7) is 2.99. The summed E-state index contributed by atoms with van der Waals surface area (Å²) in [6.07, 6.45) is 0. The summed E-state index contributed by atoms with van der Waals surface area (Å²) < 4.78 is 1.12. The second kappa shape index (κ2) is 6.70. The molecule has 1 heterocycles. The topological polar surface area (TPSA) is 24.9 Å². The third-order valence-electron chi connectivity index (χ3n) is 2.43. The minimum atomic E-state index is 0.908. The lowest BCUT2D eigenvalue weighted by molar-refractivity contribution is 0.822. The van der Waals surface area contributed by atoms with Crippen molar-refractivity contribution in [3.8, 4) is 0 Å². The van der Waals surface area contributed by atoms with Crippen molar-refractivity contribution in [2.45, 2.75) is 24.1 Å². The van der Waals surface area contributed by atoms with Crippen molar-refractivity contribution in [1.82, 2.24) is 10.3 Å². The number of benzene rings is 1. The molecule has 96 valence electrons. The first-order valence-electron chi connectivity index (χ1n) is 5.67. The molecule has 0 bridgehead atoms. The fourth-order valence-electron chi connectivity index (χ4n) is 1.58. The number of thioether (sulfide) groups is 1. The van der Waals surface area contributed by atoms with Gasteiger partial charge in [0.15, 0.2) is 0 Å². The van der Waals surface area contributed by atoms with Gasteiger partial charge in [-0.25, -0.2) is 4.98 Å². The smallest absolute Gasteiger partial charge is 0.103 e. The van der Waals surface area contributed by atoms with Crippen LogP contribution in [0.3, 0.4) is 0 Å². The van der Waals surface area contributed by atoms with Crippen LogP contribution in [-0.4, -0.2) is 12.0 Å². The highest BCUT2D eigenvalue weighted by Crippen LogP contribution is 2.28. The Balaban J connectivity index is 2.00. The van der Waals surface area contributed by atoms with Gasteiger partial charge in [-0.2, -0.15) is 0 Å². The number of rotatable bonds is 5. The van der Waals surface area contributed by atoms with Gasteiger partial charge in [-0.05, 0) is 32.2 Å². The van der Waals surface area contributed by atoms with E-state index in [0.29, 0.717) is 0 Å². The molecule has 0 radical (unpaired) electrons. The number of hydrogen-bond acceptors (Lipinski definition) is 4. The molecular formula is C13H15BrN2S2. The Labute approximate surface area is 124 Å². The summed E-state index contributed by atoms with van der Waals surface area (Å²) in [5, 5.41) is 4.37. The van der Waals surface area contributed by atoms with E-state index in [1.807, 2.05) is 24.9 Å². The van der Waals surface area contributed by atoms with Gasteiger partial charge in [0, 0.05) is 20.8 Å². The monoisotopic (exact) mass is 342 g/mol. The van der Waals surface area contributed by atoms with Gasteiger partial charge in [0.1, 0.15) is 5.01 Å². The average Bonchev–Trinajstić information content (AvgIpc) is 2.69. The molecule has 0 saturated carbocycles. The first kappa shape index (κ1) is 14.1. The SMILES string of the molecule is CNCc1sc(CSc2cccc(Br)c2)nc1C. The first-order valence-corrected chi connectivity index (χ1v) is 8.26. The zero-order valence-corrected chi connectivity index (χ0v) is 13.6. The number of hydrogen-bond donors (Lipinski definition) is 1. The molecule has 1 aromatic heterocycles. The Morgan fingerprint density at radius 1 is 1.44 bits per heavy atom. The third-order valence-corrected chi connectivity index (χ3v) is 5.27. The van der Waals surface area contributed by atoms with Gasteiger partial charge < -0.3 is 5.32 Å². The highest BCUT2D eigenvalue weighted by molar-refractivity contribution is 9.10. The van der Waals surface area contributed by atoms with E-state index in [0.717, 1.165) is 22.5 Å². The molecular weight excluding hydrogens is 328 g/mol. The molecule has 0 atom stereocenters. The second-order valence-electron chi connectivity index (χ2n) is 3.89. The minimum absolute atomic E-state index is 0.908. The van der Waals surface area contributed by atoms with E-state index in [1.165, 1.54) is 14.8 Å². The summed E-state index contributed by atoms with van der Waals surface area (Å²) >= 11 is 7.12. The predicted molar refractivity (Wildman–Crippen MR) is 83.3 cm³/mol. The molecule has 1 aromatic carbocycles. The molecule has 2 rings (SSSR count). The molecule has 5 heteroatoms. The standard InChI is InChI=1S/C13H15BrN2S2/c1-9-12(7-15-2)18-13(16-9)8-17-11-5-3-4-10(14)6-11/h3-6,15H,7-8H2,1-2H3. The Morgan fingerprint density at radius 3 is 3.00 bits per heavy atom. The molecule has 18 heavy (non-hydrogen) atoms. The Morgan fingerprint density at radius 2 is 2.28 bits per heavy atom. The van der Waals surface area contributed by atoms with E-state index >= 15 is 0 Å². The predicted octanol–water partition coefficient (Wildman–Crippen LogP) is 4.23.